The number of Topliss-reactive ketones (excluding diaryl/α,β-unsaturated/α-hetero) is 1. The fraction of sp³-hybridized carbons (Fsp3) is 0.348. The predicted molar refractivity (Wildman–Crippen MR) is 109 cm³/mol. The van der Waals surface area contributed by atoms with Crippen LogP contribution in [0.25, 0.3) is 0 Å². The number of nitrogens with zero attached hydrogens (tertiary/aromatic N) is 1. The second kappa shape index (κ2) is 8.57. The zero-order chi connectivity index (χ0) is 21.1. The minimum atomic E-state index is -0.909. The van der Waals surface area contributed by atoms with Crippen molar-refractivity contribution in [2.45, 2.75) is 32.3 Å². The molecule has 0 radical (unpaired) electrons. The Labute approximate surface area is 174 Å². The van der Waals surface area contributed by atoms with E-state index in [-0.39, 0.29) is 24.5 Å². The molecule has 0 saturated heterocycles. The molecular formula is C23H23NO6. The Hall–Kier alpha value is -3.35. The van der Waals surface area contributed by atoms with Gasteiger partial charge in [0.15, 0.2) is 23.4 Å². The van der Waals surface area contributed by atoms with Crippen LogP contribution in [0, 0.1) is 0 Å². The third-order valence-electron chi connectivity index (χ3n) is 5.23. The molecule has 30 heavy (non-hydrogen) atoms. The molecule has 156 valence electrons. The van der Waals surface area contributed by atoms with Crippen LogP contribution in [0.15, 0.2) is 42.5 Å². The number of rotatable bonds is 6. The van der Waals surface area contributed by atoms with Gasteiger partial charge in [-0.15, -0.1) is 0 Å². The number of carbonyl (C=O) groups is 3. The summed E-state index contributed by atoms with van der Waals surface area (Å²) in [5.74, 6) is 0.102. The molecule has 2 aromatic carbocycles. The summed E-state index contributed by atoms with van der Waals surface area (Å²) in [6.45, 7) is 3.04. The Morgan fingerprint density at radius 3 is 2.63 bits per heavy atom. The first-order chi connectivity index (χ1) is 14.5. The van der Waals surface area contributed by atoms with E-state index in [9.17, 15) is 14.4 Å². The Bertz CT molecular complexity index is 985. The molecule has 1 atom stereocenters. The van der Waals surface area contributed by atoms with Crippen LogP contribution >= 0.6 is 0 Å². The van der Waals surface area contributed by atoms with Crippen LogP contribution in [-0.4, -0.2) is 43.5 Å². The van der Waals surface area contributed by atoms with Crippen molar-refractivity contribution in [2.75, 3.05) is 24.7 Å². The number of fused-ring (bicyclic) bond motifs is 2. The number of hydrogen-bond acceptors (Lipinski definition) is 6. The van der Waals surface area contributed by atoms with Gasteiger partial charge in [0, 0.05) is 24.2 Å². The third-order valence-corrected chi connectivity index (χ3v) is 5.23. The number of carbonyl (C=O) groups excluding carboxylic acids is 3. The zero-order valence-electron chi connectivity index (χ0n) is 16.8. The molecule has 7 nitrogen and oxygen atoms in total. The fourth-order valence-corrected chi connectivity index (χ4v) is 3.67. The van der Waals surface area contributed by atoms with Gasteiger partial charge in [0.2, 0.25) is 0 Å². The van der Waals surface area contributed by atoms with Gasteiger partial charge in [-0.25, -0.2) is 0 Å². The SMILES string of the molecule is CC(OC(=O)CCC(=O)c1ccc2c(c1)OCCO2)C(=O)N1CCc2ccccc21. The van der Waals surface area contributed by atoms with Gasteiger partial charge in [0.25, 0.3) is 5.91 Å². The highest BCUT2D eigenvalue weighted by molar-refractivity contribution is 6.00. The number of ether oxygens (including phenoxy) is 3. The molecule has 7 heteroatoms. The first kappa shape index (κ1) is 19.9. The van der Waals surface area contributed by atoms with Crippen LogP contribution in [0.2, 0.25) is 0 Å². The van der Waals surface area contributed by atoms with Crippen molar-refractivity contribution in [2.24, 2.45) is 0 Å². The van der Waals surface area contributed by atoms with Crippen molar-refractivity contribution in [1.82, 2.24) is 0 Å². The highest BCUT2D eigenvalue weighted by Gasteiger charge is 2.29. The molecule has 0 saturated carbocycles. The van der Waals surface area contributed by atoms with Crippen LogP contribution in [0.5, 0.6) is 11.5 Å². The number of amides is 1. The van der Waals surface area contributed by atoms with Gasteiger partial charge in [-0.05, 0) is 43.2 Å². The molecule has 0 aliphatic carbocycles. The lowest BCUT2D eigenvalue weighted by Crippen LogP contribution is -2.39. The quantitative estimate of drug-likeness (QED) is 0.539. The largest absolute Gasteiger partial charge is 0.486 e. The summed E-state index contributed by atoms with van der Waals surface area (Å²) in [4.78, 5) is 39.0. The summed E-state index contributed by atoms with van der Waals surface area (Å²) in [6.07, 6.45) is -0.229. The maximum Gasteiger partial charge on any atom is 0.307 e. The van der Waals surface area contributed by atoms with E-state index in [1.165, 1.54) is 0 Å². The van der Waals surface area contributed by atoms with Crippen LogP contribution in [-0.2, 0) is 20.7 Å². The highest BCUT2D eigenvalue weighted by atomic mass is 16.6. The van der Waals surface area contributed by atoms with E-state index in [0.29, 0.717) is 36.8 Å². The van der Waals surface area contributed by atoms with Crippen molar-refractivity contribution in [1.29, 1.82) is 0 Å². The van der Waals surface area contributed by atoms with Crippen molar-refractivity contribution in [3.05, 3.63) is 53.6 Å². The van der Waals surface area contributed by atoms with Crippen LogP contribution in [0.3, 0.4) is 0 Å². The first-order valence-corrected chi connectivity index (χ1v) is 10.0. The lowest BCUT2D eigenvalue weighted by molar-refractivity contribution is -0.153. The highest BCUT2D eigenvalue weighted by Crippen LogP contribution is 2.31. The first-order valence-electron chi connectivity index (χ1n) is 10.0. The van der Waals surface area contributed by atoms with Gasteiger partial charge in [-0.3, -0.25) is 14.4 Å². The van der Waals surface area contributed by atoms with E-state index in [1.54, 1.807) is 30.0 Å². The van der Waals surface area contributed by atoms with Gasteiger partial charge >= 0.3 is 5.97 Å². The minimum Gasteiger partial charge on any atom is -0.486 e. The summed E-state index contributed by atoms with van der Waals surface area (Å²) in [6, 6.07) is 12.7. The fourth-order valence-electron chi connectivity index (χ4n) is 3.67. The zero-order valence-corrected chi connectivity index (χ0v) is 16.8. The van der Waals surface area contributed by atoms with Crippen LogP contribution < -0.4 is 14.4 Å². The average Bonchev–Trinajstić information content (AvgIpc) is 3.20. The molecule has 0 fully saturated rings. The Morgan fingerprint density at radius 1 is 1.03 bits per heavy atom. The maximum atomic E-state index is 12.7. The van der Waals surface area contributed by atoms with Gasteiger partial charge in [0.1, 0.15) is 13.2 Å². The number of benzene rings is 2. The summed E-state index contributed by atoms with van der Waals surface area (Å²) in [7, 11) is 0. The lowest BCUT2D eigenvalue weighted by atomic mass is 10.1. The summed E-state index contributed by atoms with van der Waals surface area (Å²) in [5, 5.41) is 0. The molecule has 0 spiro atoms. The molecule has 2 heterocycles. The monoisotopic (exact) mass is 409 g/mol. The standard InChI is InChI=1S/C23H23NO6/c1-15(23(27)24-11-10-16-4-2-3-5-18(16)24)30-22(26)9-7-19(25)17-6-8-20-21(14-17)29-13-12-28-20/h2-6,8,14-15H,7,9-13H2,1H3. The number of ketones is 1. The van der Waals surface area contributed by atoms with E-state index in [2.05, 4.69) is 0 Å². The normalized spacial score (nSPS) is 15.3. The molecule has 2 aliphatic rings. The molecule has 0 bridgehead atoms. The molecule has 0 N–H and O–H groups in total. The molecular weight excluding hydrogens is 386 g/mol. The third kappa shape index (κ3) is 4.15. The summed E-state index contributed by atoms with van der Waals surface area (Å²) in [5.41, 5.74) is 2.42. The van der Waals surface area contributed by atoms with Gasteiger partial charge in [-0.2, -0.15) is 0 Å². The van der Waals surface area contributed by atoms with E-state index in [0.717, 1.165) is 17.7 Å². The van der Waals surface area contributed by atoms with E-state index >= 15 is 0 Å². The second-order valence-electron chi connectivity index (χ2n) is 7.28. The Balaban J connectivity index is 1.29. The van der Waals surface area contributed by atoms with Gasteiger partial charge in [0.05, 0.1) is 6.42 Å². The molecule has 1 amide bonds. The predicted octanol–water partition coefficient (Wildman–Crippen LogP) is 2.94. The van der Waals surface area contributed by atoms with Crippen molar-refractivity contribution in [3.8, 4) is 11.5 Å². The molecule has 1 unspecified atom stereocenters. The van der Waals surface area contributed by atoms with Crippen molar-refractivity contribution in [3.63, 3.8) is 0 Å². The van der Waals surface area contributed by atoms with Crippen molar-refractivity contribution < 1.29 is 28.6 Å². The molecule has 0 aromatic heterocycles. The summed E-state index contributed by atoms with van der Waals surface area (Å²) >= 11 is 0. The molecule has 2 aromatic rings. The maximum absolute atomic E-state index is 12.7. The molecule has 2 aliphatic heterocycles. The van der Waals surface area contributed by atoms with Gasteiger partial charge < -0.3 is 19.1 Å². The van der Waals surface area contributed by atoms with E-state index < -0.39 is 12.1 Å². The smallest absolute Gasteiger partial charge is 0.307 e. The Morgan fingerprint density at radius 2 is 1.80 bits per heavy atom. The van der Waals surface area contributed by atoms with Gasteiger partial charge in [-0.1, -0.05) is 18.2 Å². The number of para-hydroxylation sites is 1. The second-order valence-corrected chi connectivity index (χ2v) is 7.28. The number of anilines is 1. The minimum absolute atomic E-state index is 0.00800. The van der Waals surface area contributed by atoms with Crippen LogP contribution in [0.4, 0.5) is 5.69 Å². The average molecular weight is 409 g/mol. The summed E-state index contributed by atoms with van der Waals surface area (Å²) < 4.78 is 16.2. The lowest BCUT2D eigenvalue weighted by Gasteiger charge is -2.21. The topological polar surface area (TPSA) is 82.1 Å². The van der Waals surface area contributed by atoms with Crippen molar-refractivity contribution >= 4 is 23.3 Å². The van der Waals surface area contributed by atoms with E-state index in [4.69, 9.17) is 14.2 Å². The number of hydrogen-bond donors (Lipinski definition) is 0. The van der Waals surface area contributed by atoms with Crippen LogP contribution in [0.1, 0.15) is 35.7 Å². The number of esters is 1. The Kier molecular flexibility index (Phi) is 5.70. The van der Waals surface area contributed by atoms with E-state index in [1.807, 2.05) is 24.3 Å². The molecule has 4 rings (SSSR count).